The predicted molar refractivity (Wildman–Crippen MR) is 120 cm³/mol. The molecular weight excluding hydrogens is 402 g/mol. The number of piperazine rings is 1. The molecule has 0 unspecified atom stereocenters. The fraction of sp³-hybridized carbons (Fsp3) is 0.364. The van der Waals surface area contributed by atoms with Crippen molar-refractivity contribution >= 4 is 29.5 Å². The maximum atomic E-state index is 6.15. The lowest BCUT2D eigenvalue weighted by atomic mass is 10.2. The molecule has 5 rings (SSSR count). The fourth-order valence-corrected chi connectivity index (χ4v) is 4.43. The van der Waals surface area contributed by atoms with Gasteiger partial charge in [-0.15, -0.1) is 0 Å². The molecule has 29 heavy (non-hydrogen) atoms. The Kier molecular flexibility index (Phi) is 5.16. The normalized spacial score (nSPS) is 17.6. The van der Waals surface area contributed by atoms with E-state index in [2.05, 4.69) is 44.7 Å². The van der Waals surface area contributed by atoms with Crippen LogP contribution in [0.25, 0.3) is 5.69 Å². The molecule has 7 heteroatoms. The average Bonchev–Trinajstić information content (AvgIpc) is 3.54. The second kappa shape index (κ2) is 7.94. The highest BCUT2D eigenvalue weighted by atomic mass is 35.5. The quantitative estimate of drug-likeness (QED) is 0.553. The van der Waals surface area contributed by atoms with Crippen molar-refractivity contribution in [3.63, 3.8) is 0 Å². The van der Waals surface area contributed by atoms with E-state index in [1.165, 1.54) is 18.5 Å². The molecule has 2 aliphatic rings. The van der Waals surface area contributed by atoms with Crippen LogP contribution in [-0.2, 0) is 6.67 Å². The van der Waals surface area contributed by atoms with Crippen LogP contribution in [0.15, 0.2) is 54.6 Å². The van der Waals surface area contributed by atoms with E-state index in [-0.39, 0.29) is 0 Å². The molecule has 2 heterocycles. The number of halogens is 1. The molecule has 0 spiro atoms. The van der Waals surface area contributed by atoms with Crippen molar-refractivity contribution in [2.45, 2.75) is 25.4 Å². The van der Waals surface area contributed by atoms with Gasteiger partial charge < -0.3 is 4.90 Å². The summed E-state index contributed by atoms with van der Waals surface area (Å²) in [5.41, 5.74) is 2.30. The Morgan fingerprint density at radius 1 is 0.931 bits per heavy atom. The third-order valence-electron chi connectivity index (χ3n) is 5.70. The molecule has 0 N–H and O–H groups in total. The first-order valence-corrected chi connectivity index (χ1v) is 11.0. The molecule has 1 aliphatic heterocycles. The highest BCUT2D eigenvalue weighted by Gasteiger charge is 2.31. The second-order valence-corrected chi connectivity index (χ2v) is 8.61. The zero-order valence-electron chi connectivity index (χ0n) is 16.2. The van der Waals surface area contributed by atoms with Crippen molar-refractivity contribution in [2.24, 2.45) is 0 Å². The van der Waals surface area contributed by atoms with E-state index in [0.717, 1.165) is 54.2 Å². The van der Waals surface area contributed by atoms with E-state index in [1.807, 2.05) is 28.9 Å². The van der Waals surface area contributed by atoms with Crippen molar-refractivity contribution in [3.05, 3.63) is 70.2 Å². The number of rotatable bonds is 5. The van der Waals surface area contributed by atoms with E-state index < -0.39 is 0 Å². The van der Waals surface area contributed by atoms with Gasteiger partial charge in [0.15, 0.2) is 0 Å². The van der Waals surface area contributed by atoms with Gasteiger partial charge in [0.1, 0.15) is 5.82 Å². The largest absolute Gasteiger partial charge is 0.369 e. The van der Waals surface area contributed by atoms with Crippen LogP contribution in [-0.4, -0.2) is 45.4 Å². The third kappa shape index (κ3) is 3.97. The van der Waals surface area contributed by atoms with Gasteiger partial charge in [0.25, 0.3) is 0 Å². The molecule has 0 bridgehead atoms. The molecule has 1 saturated carbocycles. The summed E-state index contributed by atoms with van der Waals surface area (Å²) in [5.74, 6) is 1.65. The summed E-state index contributed by atoms with van der Waals surface area (Å²) in [4.78, 5) is 4.82. The first kappa shape index (κ1) is 18.9. The highest BCUT2D eigenvalue weighted by Crippen LogP contribution is 2.40. The molecule has 3 aromatic rings. The van der Waals surface area contributed by atoms with Crippen LogP contribution in [0.2, 0.25) is 5.02 Å². The minimum Gasteiger partial charge on any atom is -0.369 e. The van der Waals surface area contributed by atoms with E-state index in [4.69, 9.17) is 28.9 Å². The number of hydrogen-bond donors (Lipinski definition) is 0. The van der Waals surface area contributed by atoms with Crippen LogP contribution in [0.3, 0.4) is 0 Å². The second-order valence-electron chi connectivity index (χ2n) is 7.81. The monoisotopic (exact) mass is 425 g/mol. The Labute approximate surface area is 181 Å². The molecule has 150 valence electrons. The average molecular weight is 426 g/mol. The maximum Gasteiger partial charge on any atom is 0.203 e. The zero-order chi connectivity index (χ0) is 19.8. The lowest BCUT2D eigenvalue weighted by Crippen LogP contribution is -2.47. The van der Waals surface area contributed by atoms with Gasteiger partial charge >= 0.3 is 0 Å². The third-order valence-corrected chi connectivity index (χ3v) is 6.33. The summed E-state index contributed by atoms with van der Waals surface area (Å²) in [6.07, 6.45) is 2.41. The van der Waals surface area contributed by atoms with Crippen LogP contribution in [0.4, 0.5) is 5.69 Å². The lowest BCUT2D eigenvalue weighted by molar-refractivity contribution is 0.194. The standard InChI is InChI=1S/C22H24ClN5S/c23-18-5-4-8-20(15-18)26-13-11-25(12-14-26)16-27-22(29)28(19-6-2-1-3-7-19)21(24-27)17-9-10-17/h1-8,15,17H,9-14,16H2. The molecule has 2 aromatic carbocycles. The van der Waals surface area contributed by atoms with Crippen LogP contribution >= 0.6 is 23.8 Å². The summed E-state index contributed by atoms with van der Waals surface area (Å²) in [7, 11) is 0. The number of benzene rings is 2. The molecule has 5 nitrogen and oxygen atoms in total. The van der Waals surface area contributed by atoms with Gasteiger partial charge in [-0.3, -0.25) is 9.47 Å². The van der Waals surface area contributed by atoms with Gasteiger partial charge in [-0.2, -0.15) is 5.10 Å². The van der Waals surface area contributed by atoms with Crippen LogP contribution < -0.4 is 4.90 Å². The zero-order valence-corrected chi connectivity index (χ0v) is 17.8. The van der Waals surface area contributed by atoms with Crippen LogP contribution in [0.1, 0.15) is 24.6 Å². The van der Waals surface area contributed by atoms with E-state index in [9.17, 15) is 0 Å². The summed E-state index contributed by atoms with van der Waals surface area (Å²) in [5, 5.41) is 5.72. The van der Waals surface area contributed by atoms with Crippen molar-refractivity contribution in [1.29, 1.82) is 0 Å². The summed E-state index contributed by atoms with van der Waals surface area (Å²) >= 11 is 12.0. The van der Waals surface area contributed by atoms with Gasteiger partial charge in [0.05, 0.1) is 6.67 Å². The Bertz CT molecular complexity index is 1050. The van der Waals surface area contributed by atoms with Gasteiger partial charge in [-0.05, 0) is 55.4 Å². The fourth-order valence-electron chi connectivity index (χ4n) is 3.95. The van der Waals surface area contributed by atoms with Crippen LogP contribution in [0.5, 0.6) is 0 Å². The van der Waals surface area contributed by atoms with Crippen molar-refractivity contribution < 1.29 is 0 Å². The Hall–Kier alpha value is -2.15. The smallest absolute Gasteiger partial charge is 0.203 e. The SMILES string of the molecule is S=c1n(CN2CCN(c3cccc(Cl)c3)CC2)nc(C2CC2)n1-c1ccccc1. The van der Waals surface area contributed by atoms with Gasteiger partial charge in [0, 0.05) is 48.5 Å². The summed E-state index contributed by atoms with van der Waals surface area (Å²) in [6, 6.07) is 18.5. The molecule has 1 saturated heterocycles. The minimum absolute atomic E-state index is 0.540. The summed E-state index contributed by atoms with van der Waals surface area (Å²) < 4.78 is 4.95. The first-order valence-electron chi connectivity index (χ1n) is 10.2. The van der Waals surface area contributed by atoms with E-state index >= 15 is 0 Å². The summed E-state index contributed by atoms with van der Waals surface area (Å²) in [6.45, 7) is 4.64. The Morgan fingerprint density at radius 3 is 2.34 bits per heavy atom. The Morgan fingerprint density at radius 2 is 1.66 bits per heavy atom. The number of hydrogen-bond acceptors (Lipinski definition) is 4. The number of aromatic nitrogens is 3. The number of anilines is 1. The van der Waals surface area contributed by atoms with E-state index in [1.54, 1.807) is 0 Å². The van der Waals surface area contributed by atoms with Gasteiger partial charge in [-0.25, -0.2) is 4.68 Å². The van der Waals surface area contributed by atoms with Crippen molar-refractivity contribution in [2.75, 3.05) is 31.1 Å². The van der Waals surface area contributed by atoms with Gasteiger partial charge in [0.2, 0.25) is 4.77 Å². The lowest BCUT2D eigenvalue weighted by Gasteiger charge is -2.35. The minimum atomic E-state index is 0.540. The molecule has 1 aromatic heterocycles. The van der Waals surface area contributed by atoms with Crippen LogP contribution in [0, 0.1) is 4.77 Å². The maximum absolute atomic E-state index is 6.15. The molecule has 0 atom stereocenters. The molecule has 0 radical (unpaired) electrons. The molecule has 0 amide bonds. The number of para-hydroxylation sites is 1. The molecule has 1 aliphatic carbocycles. The Balaban J connectivity index is 1.32. The van der Waals surface area contributed by atoms with Gasteiger partial charge in [-0.1, -0.05) is 35.9 Å². The highest BCUT2D eigenvalue weighted by molar-refractivity contribution is 7.71. The first-order chi connectivity index (χ1) is 14.2. The number of nitrogens with zero attached hydrogens (tertiary/aromatic N) is 5. The molecular formula is C22H24ClN5S. The van der Waals surface area contributed by atoms with Crippen molar-refractivity contribution in [1.82, 2.24) is 19.2 Å². The van der Waals surface area contributed by atoms with E-state index in [0.29, 0.717) is 5.92 Å². The van der Waals surface area contributed by atoms with Crippen molar-refractivity contribution in [3.8, 4) is 5.69 Å². The molecule has 2 fully saturated rings. The predicted octanol–water partition coefficient (Wildman–Crippen LogP) is 4.71. The topological polar surface area (TPSA) is 29.2 Å².